The second-order valence-electron chi connectivity index (χ2n) is 4.82. The molecule has 0 saturated carbocycles. The van der Waals surface area contributed by atoms with Crippen LogP contribution in [0, 0.1) is 5.92 Å². The molecule has 1 aliphatic rings. The fraction of sp³-hybridized carbons (Fsp3) is 0.250. The number of Topliss-reactive ketones (excluding diaryl/α,β-unsaturated/α-hetero) is 2. The van der Waals surface area contributed by atoms with E-state index >= 15 is 0 Å². The van der Waals surface area contributed by atoms with Crippen molar-refractivity contribution in [2.24, 2.45) is 5.92 Å². The van der Waals surface area contributed by atoms with Gasteiger partial charge in [-0.3, -0.25) is 9.59 Å². The van der Waals surface area contributed by atoms with Crippen LogP contribution in [-0.2, 0) is 11.2 Å². The molecule has 3 rings (SSSR count). The summed E-state index contributed by atoms with van der Waals surface area (Å²) in [4.78, 5) is 24.2. The zero-order valence-corrected chi connectivity index (χ0v) is 10.3. The Bertz CT molecular complexity index is 655. The lowest BCUT2D eigenvalue weighted by Crippen LogP contribution is -2.31. The Balaban J connectivity index is 2.22. The fourth-order valence-corrected chi connectivity index (χ4v) is 2.72. The Kier molecular flexibility index (Phi) is 2.51. The highest BCUT2D eigenvalue weighted by molar-refractivity contribution is 6.16. The van der Waals surface area contributed by atoms with Crippen LogP contribution in [-0.4, -0.2) is 11.6 Å². The van der Waals surface area contributed by atoms with Crippen molar-refractivity contribution < 1.29 is 9.59 Å². The largest absolute Gasteiger partial charge is 0.299 e. The number of hydrogen-bond acceptors (Lipinski definition) is 2. The number of rotatable bonds is 1. The zero-order valence-electron chi connectivity index (χ0n) is 10.3. The third-order valence-corrected chi connectivity index (χ3v) is 3.72. The Hall–Kier alpha value is -1.96. The van der Waals surface area contributed by atoms with Crippen molar-refractivity contribution in [3.8, 4) is 0 Å². The van der Waals surface area contributed by atoms with Gasteiger partial charge in [0.25, 0.3) is 0 Å². The van der Waals surface area contributed by atoms with Crippen molar-refractivity contribution in [2.75, 3.05) is 0 Å². The van der Waals surface area contributed by atoms with Crippen molar-refractivity contribution >= 4 is 22.3 Å². The molecule has 2 heteroatoms. The molecule has 1 aliphatic carbocycles. The van der Waals surface area contributed by atoms with Crippen LogP contribution < -0.4 is 0 Å². The second-order valence-corrected chi connectivity index (χ2v) is 4.82. The van der Waals surface area contributed by atoms with Crippen molar-refractivity contribution in [1.82, 2.24) is 0 Å². The number of benzene rings is 2. The monoisotopic (exact) mass is 238 g/mol. The van der Waals surface area contributed by atoms with Gasteiger partial charge in [-0.15, -0.1) is 0 Å². The van der Waals surface area contributed by atoms with E-state index in [0.29, 0.717) is 12.8 Å². The van der Waals surface area contributed by atoms with Crippen molar-refractivity contribution in [3.05, 3.63) is 47.5 Å². The van der Waals surface area contributed by atoms with E-state index in [4.69, 9.17) is 0 Å². The number of fused-ring (bicyclic) bond motifs is 2. The molecule has 1 unspecified atom stereocenters. The van der Waals surface area contributed by atoms with E-state index < -0.39 is 5.92 Å². The van der Waals surface area contributed by atoms with Crippen LogP contribution in [0.15, 0.2) is 36.4 Å². The summed E-state index contributed by atoms with van der Waals surface area (Å²) in [6.07, 6.45) is 0.994. The zero-order chi connectivity index (χ0) is 12.7. The molecule has 0 bridgehead atoms. The van der Waals surface area contributed by atoms with Gasteiger partial charge in [-0.2, -0.15) is 0 Å². The van der Waals surface area contributed by atoms with Gasteiger partial charge >= 0.3 is 0 Å². The molecule has 2 nitrogen and oxygen atoms in total. The maximum atomic E-state index is 12.3. The minimum atomic E-state index is -0.432. The molecule has 0 radical (unpaired) electrons. The first kappa shape index (κ1) is 11.1. The van der Waals surface area contributed by atoms with Gasteiger partial charge in [-0.1, -0.05) is 31.2 Å². The summed E-state index contributed by atoms with van der Waals surface area (Å²) in [6.45, 7) is 1.90. The Morgan fingerprint density at radius 2 is 1.78 bits per heavy atom. The predicted octanol–water partition coefficient (Wildman–Crippen LogP) is 3.17. The van der Waals surface area contributed by atoms with Crippen LogP contribution in [0.1, 0.15) is 29.3 Å². The number of carbonyl (C=O) groups excluding carboxylic acids is 2. The molecule has 1 atom stereocenters. The maximum Gasteiger partial charge on any atom is 0.173 e. The lowest BCUT2D eigenvalue weighted by Gasteiger charge is -2.21. The minimum Gasteiger partial charge on any atom is -0.299 e. The quantitative estimate of drug-likeness (QED) is 0.715. The number of hydrogen-bond donors (Lipinski definition) is 0. The normalized spacial score (nSPS) is 19.1. The summed E-state index contributed by atoms with van der Waals surface area (Å²) < 4.78 is 0. The van der Waals surface area contributed by atoms with Gasteiger partial charge in [0, 0.05) is 12.0 Å². The van der Waals surface area contributed by atoms with Crippen LogP contribution >= 0.6 is 0 Å². The molecule has 0 heterocycles. The van der Waals surface area contributed by atoms with E-state index in [9.17, 15) is 9.59 Å². The highest BCUT2D eigenvalue weighted by atomic mass is 16.2. The number of carbonyl (C=O) groups is 2. The van der Waals surface area contributed by atoms with Crippen LogP contribution in [0.3, 0.4) is 0 Å². The smallest absolute Gasteiger partial charge is 0.173 e. The third-order valence-electron chi connectivity index (χ3n) is 3.72. The molecule has 0 amide bonds. The summed E-state index contributed by atoms with van der Waals surface area (Å²) in [5.74, 6) is -0.376. The first-order valence-electron chi connectivity index (χ1n) is 6.29. The van der Waals surface area contributed by atoms with Gasteiger partial charge in [0.1, 0.15) is 5.78 Å². The minimum absolute atomic E-state index is 0.00509. The molecule has 0 saturated heterocycles. The molecule has 90 valence electrons. The lowest BCUT2D eigenvalue weighted by atomic mass is 9.79. The highest BCUT2D eigenvalue weighted by Gasteiger charge is 2.32. The van der Waals surface area contributed by atoms with Crippen molar-refractivity contribution in [3.63, 3.8) is 0 Å². The van der Waals surface area contributed by atoms with Gasteiger partial charge in [-0.25, -0.2) is 0 Å². The van der Waals surface area contributed by atoms with E-state index in [1.165, 1.54) is 0 Å². The van der Waals surface area contributed by atoms with E-state index in [1.807, 2.05) is 43.3 Å². The van der Waals surface area contributed by atoms with Crippen LogP contribution in [0.2, 0.25) is 0 Å². The maximum absolute atomic E-state index is 12.3. The summed E-state index contributed by atoms with van der Waals surface area (Å²) >= 11 is 0. The lowest BCUT2D eigenvalue weighted by molar-refractivity contribution is -0.121. The highest BCUT2D eigenvalue weighted by Crippen LogP contribution is 2.29. The molecule has 0 N–H and O–H groups in total. The van der Waals surface area contributed by atoms with Crippen molar-refractivity contribution in [1.29, 1.82) is 0 Å². The third kappa shape index (κ3) is 1.57. The molecule has 2 aromatic carbocycles. The van der Waals surface area contributed by atoms with Crippen LogP contribution in [0.4, 0.5) is 0 Å². The standard InChI is InChI=1S/C16H14O2/c1-2-13-15(17)9-12-7-10-5-3-4-6-11(10)8-14(12)16(13)18/h3-8,13H,2,9H2,1H3. The van der Waals surface area contributed by atoms with E-state index in [-0.39, 0.29) is 11.6 Å². The number of ketones is 2. The Labute approximate surface area is 106 Å². The summed E-state index contributed by atoms with van der Waals surface area (Å²) in [7, 11) is 0. The molecule has 0 fully saturated rings. The first-order valence-corrected chi connectivity index (χ1v) is 6.29. The van der Waals surface area contributed by atoms with E-state index in [0.717, 1.165) is 21.9 Å². The molecule has 2 aromatic rings. The molecule has 18 heavy (non-hydrogen) atoms. The fourth-order valence-electron chi connectivity index (χ4n) is 2.72. The summed E-state index contributed by atoms with van der Waals surface area (Å²) in [5.41, 5.74) is 1.62. The molecular weight excluding hydrogens is 224 g/mol. The van der Waals surface area contributed by atoms with E-state index in [1.54, 1.807) is 0 Å². The van der Waals surface area contributed by atoms with E-state index in [2.05, 4.69) is 0 Å². The van der Waals surface area contributed by atoms with Gasteiger partial charge in [0.15, 0.2) is 5.78 Å². The van der Waals surface area contributed by atoms with Crippen LogP contribution in [0.5, 0.6) is 0 Å². The Morgan fingerprint density at radius 3 is 2.44 bits per heavy atom. The van der Waals surface area contributed by atoms with Gasteiger partial charge in [0.2, 0.25) is 0 Å². The SMILES string of the molecule is CCC1C(=O)Cc2cc3ccccc3cc2C1=O. The molecule has 0 spiro atoms. The van der Waals surface area contributed by atoms with Crippen molar-refractivity contribution in [2.45, 2.75) is 19.8 Å². The molecule has 0 aliphatic heterocycles. The van der Waals surface area contributed by atoms with Crippen LogP contribution in [0.25, 0.3) is 10.8 Å². The topological polar surface area (TPSA) is 34.1 Å². The van der Waals surface area contributed by atoms with Gasteiger partial charge in [0.05, 0.1) is 5.92 Å². The molecular formula is C16H14O2. The molecule has 0 aromatic heterocycles. The van der Waals surface area contributed by atoms with Gasteiger partial charge < -0.3 is 0 Å². The predicted molar refractivity (Wildman–Crippen MR) is 70.8 cm³/mol. The summed E-state index contributed by atoms with van der Waals surface area (Å²) in [5, 5.41) is 2.15. The average molecular weight is 238 g/mol. The first-order chi connectivity index (χ1) is 8.70. The van der Waals surface area contributed by atoms with Gasteiger partial charge in [-0.05, 0) is 34.9 Å². The Morgan fingerprint density at radius 1 is 1.11 bits per heavy atom. The summed E-state index contributed by atoms with van der Waals surface area (Å²) in [6, 6.07) is 11.9. The average Bonchev–Trinajstić information content (AvgIpc) is 2.37. The second kappa shape index (κ2) is 4.05.